The van der Waals surface area contributed by atoms with Crippen LogP contribution in [-0.2, 0) is 4.74 Å². The van der Waals surface area contributed by atoms with E-state index in [1.165, 1.54) is 0 Å². The number of amides is 1. The van der Waals surface area contributed by atoms with Crippen LogP contribution in [0.25, 0.3) is 11.2 Å². The first-order valence-electron chi connectivity index (χ1n) is 7.46. The van der Waals surface area contributed by atoms with Gasteiger partial charge in [-0.05, 0) is 39.3 Å². The minimum Gasteiger partial charge on any atom is -0.444 e. The maximum atomic E-state index is 11.8. The van der Waals surface area contributed by atoms with E-state index in [4.69, 9.17) is 4.74 Å². The van der Waals surface area contributed by atoms with Crippen molar-refractivity contribution in [3.8, 4) is 0 Å². The van der Waals surface area contributed by atoms with E-state index in [-0.39, 0.29) is 12.1 Å². The molecule has 118 valence electrons. The Kier molecular flexibility index (Phi) is 3.64. The molecule has 0 spiro atoms. The number of carbonyl (C=O) groups excluding carboxylic acids is 1. The van der Waals surface area contributed by atoms with Crippen molar-refractivity contribution in [2.24, 2.45) is 0 Å². The molecule has 0 saturated carbocycles. The zero-order valence-corrected chi connectivity index (χ0v) is 13.1. The first kappa shape index (κ1) is 14.6. The van der Waals surface area contributed by atoms with Crippen molar-refractivity contribution in [1.29, 1.82) is 0 Å². The molecular weight excluding hydrogens is 282 g/mol. The highest BCUT2D eigenvalue weighted by molar-refractivity contribution is 5.73. The Morgan fingerprint density at radius 1 is 1.50 bits per heavy atom. The number of alkyl carbamates (subject to hydrolysis) is 1. The summed E-state index contributed by atoms with van der Waals surface area (Å²) in [6, 6.07) is 3.89. The molecule has 7 heteroatoms. The summed E-state index contributed by atoms with van der Waals surface area (Å²) < 4.78 is 5.29. The van der Waals surface area contributed by atoms with Crippen LogP contribution in [0.15, 0.2) is 18.3 Å². The molecule has 3 rings (SSSR count). The third-order valence-electron chi connectivity index (χ3n) is 3.45. The van der Waals surface area contributed by atoms with E-state index in [0.717, 1.165) is 24.4 Å². The first-order valence-corrected chi connectivity index (χ1v) is 7.46. The molecule has 22 heavy (non-hydrogen) atoms. The molecule has 0 unspecified atom stereocenters. The number of fused-ring (bicyclic) bond motifs is 1. The fourth-order valence-corrected chi connectivity index (χ4v) is 2.53. The molecule has 1 atom stereocenters. The molecule has 7 nitrogen and oxygen atoms in total. The lowest BCUT2D eigenvalue weighted by molar-refractivity contribution is 0.0509. The third kappa shape index (κ3) is 3.29. The number of pyridine rings is 1. The number of hydrogen-bond acceptors (Lipinski definition) is 5. The van der Waals surface area contributed by atoms with Crippen LogP contribution < -0.4 is 10.2 Å². The number of rotatable bonds is 2. The molecule has 2 aromatic rings. The molecule has 0 radical (unpaired) electrons. The van der Waals surface area contributed by atoms with Gasteiger partial charge in [0.05, 0.1) is 11.6 Å². The van der Waals surface area contributed by atoms with Gasteiger partial charge in [-0.15, -0.1) is 0 Å². The maximum Gasteiger partial charge on any atom is 0.407 e. The van der Waals surface area contributed by atoms with Crippen molar-refractivity contribution in [3.63, 3.8) is 0 Å². The fourth-order valence-electron chi connectivity index (χ4n) is 2.53. The van der Waals surface area contributed by atoms with Crippen molar-refractivity contribution >= 4 is 23.2 Å². The van der Waals surface area contributed by atoms with Gasteiger partial charge in [0.2, 0.25) is 5.95 Å². The van der Waals surface area contributed by atoms with E-state index >= 15 is 0 Å². The Balaban J connectivity index is 1.61. The Labute approximate surface area is 129 Å². The second-order valence-electron chi connectivity index (χ2n) is 6.51. The molecule has 1 aliphatic heterocycles. The van der Waals surface area contributed by atoms with Gasteiger partial charge >= 0.3 is 6.09 Å². The van der Waals surface area contributed by atoms with Gasteiger partial charge in [-0.2, -0.15) is 4.98 Å². The summed E-state index contributed by atoms with van der Waals surface area (Å²) in [4.78, 5) is 25.9. The van der Waals surface area contributed by atoms with Gasteiger partial charge in [0.25, 0.3) is 0 Å². The smallest absolute Gasteiger partial charge is 0.407 e. The van der Waals surface area contributed by atoms with E-state index in [0.29, 0.717) is 12.2 Å². The second kappa shape index (κ2) is 5.47. The average Bonchev–Trinajstić information content (AvgIpc) is 3.01. The zero-order chi connectivity index (χ0) is 15.7. The molecule has 0 aliphatic carbocycles. The minimum atomic E-state index is -0.479. The molecule has 1 amide bonds. The van der Waals surface area contributed by atoms with Crippen molar-refractivity contribution in [2.45, 2.75) is 38.8 Å². The van der Waals surface area contributed by atoms with Gasteiger partial charge in [0, 0.05) is 19.3 Å². The Bertz CT molecular complexity index is 643. The Morgan fingerprint density at radius 2 is 2.32 bits per heavy atom. The maximum absolute atomic E-state index is 11.8. The molecule has 1 fully saturated rings. The van der Waals surface area contributed by atoms with Crippen LogP contribution in [0.1, 0.15) is 27.2 Å². The van der Waals surface area contributed by atoms with Gasteiger partial charge in [0.15, 0.2) is 5.65 Å². The topological polar surface area (TPSA) is 83.1 Å². The minimum absolute atomic E-state index is 0.0658. The van der Waals surface area contributed by atoms with E-state index in [2.05, 4.69) is 25.2 Å². The Morgan fingerprint density at radius 3 is 3.05 bits per heavy atom. The van der Waals surface area contributed by atoms with Crippen LogP contribution in [-0.4, -0.2) is 45.8 Å². The number of nitrogens with one attached hydrogen (secondary N) is 2. The van der Waals surface area contributed by atoms with Gasteiger partial charge < -0.3 is 19.9 Å². The van der Waals surface area contributed by atoms with Crippen molar-refractivity contribution in [2.75, 3.05) is 18.0 Å². The number of ether oxygens (including phenoxy) is 1. The summed E-state index contributed by atoms with van der Waals surface area (Å²) in [5.41, 5.74) is 1.15. The van der Waals surface area contributed by atoms with Gasteiger partial charge in [0.1, 0.15) is 5.60 Å². The van der Waals surface area contributed by atoms with E-state index in [1.54, 1.807) is 6.20 Å². The van der Waals surface area contributed by atoms with Gasteiger partial charge in [-0.25, -0.2) is 9.78 Å². The summed E-state index contributed by atoms with van der Waals surface area (Å²) in [7, 11) is 0. The van der Waals surface area contributed by atoms with Crippen LogP contribution in [0, 0.1) is 0 Å². The van der Waals surface area contributed by atoms with Gasteiger partial charge in [-0.3, -0.25) is 0 Å². The van der Waals surface area contributed by atoms with Crippen LogP contribution in [0.5, 0.6) is 0 Å². The number of imidazole rings is 1. The van der Waals surface area contributed by atoms with Gasteiger partial charge in [-0.1, -0.05) is 0 Å². The van der Waals surface area contributed by atoms with E-state index < -0.39 is 5.60 Å². The average molecular weight is 303 g/mol. The molecule has 1 aliphatic rings. The molecule has 0 aromatic carbocycles. The number of hydrogen-bond donors (Lipinski definition) is 2. The fraction of sp³-hybridized carbons (Fsp3) is 0.533. The summed E-state index contributed by atoms with van der Waals surface area (Å²) in [6.07, 6.45) is 2.22. The van der Waals surface area contributed by atoms with Crippen molar-refractivity contribution in [3.05, 3.63) is 18.3 Å². The van der Waals surface area contributed by atoms with Crippen LogP contribution in [0.4, 0.5) is 10.7 Å². The molecular formula is C15H21N5O2. The number of anilines is 1. The van der Waals surface area contributed by atoms with Crippen LogP contribution in [0.2, 0.25) is 0 Å². The molecule has 3 heterocycles. The number of carbonyl (C=O) groups is 1. The largest absolute Gasteiger partial charge is 0.444 e. The highest BCUT2D eigenvalue weighted by Gasteiger charge is 2.27. The predicted octanol–water partition coefficient (Wildman–Crippen LogP) is 2.06. The normalized spacial score (nSPS) is 18.7. The third-order valence-corrected chi connectivity index (χ3v) is 3.45. The molecule has 0 bridgehead atoms. The highest BCUT2D eigenvalue weighted by atomic mass is 16.6. The predicted molar refractivity (Wildman–Crippen MR) is 83.9 cm³/mol. The number of H-pyrrole nitrogens is 1. The summed E-state index contributed by atoms with van der Waals surface area (Å²) in [6.45, 7) is 7.11. The van der Waals surface area contributed by atoms with Crippen LogP contribution >= 0.6 is 0 Å². The standard InChI is InChI=1S/C15H21N5O2/c1-15(2,3)22-14(21)17-10-6-8-20(9-10)13-18-11-5-4-7-16-12(11)19-13/h4-5,7,10H,6,8-9H2,1-3H3,(H,17,21)(H,16,18,19)/t10-/m1/s1. The number of aromatic amines is 1. The van der Waals surface area contributed by atoms with E-state index in [9.17, 15) is 4.79 Å². The summed E-state index contributed by atoms with van der Waals surface area (Å²) >= 11 is 0. The molecule has 2 N–H and O–H groups in total. The van der Waals surface area contributed by atoms with Crippen molar-refractivity contribution in [1.82, 2.24) is 20.3 Å². The number of nitrogens with zero attached hydrogens (tertiary/aromatic N) is 3. The lowest BCUT2D eigenvalue weighted by Crippen LogP contribution is -2.40. The zero-order valence-electron chi connectivity index (χ0n) is 13.1. The lowest BCUT2D eigenvalue weighted by atomic mass is 10.2. The highest BCUT2D eigenvalue weighted by Crippen LogP contribution is 2.20. The lowest BCUT2D eigenvalue weighted by Gasteiger charge is -2.22. The summed E-state index contributed by atoms with van der Waals surface area (Å²) in [5.74, 6) is 0.794. The summed E-state index contributed by atoms with van der Waals surface area (Å²) in [5, 5.41) is 2.91. The monoisotopic (exact) mass is 303 g/mol. The molecule has 2 aromatic heterocycles. The van der Waals surface area contributed by atoms with Crippen molar-refractivity contribution < 1.29 is 9.53 Å². The van der Waals surface area contributed by atoms with Crippen LogP contribution in [0.3, 0.4) is 0 Å². The number of aromatic nitrogens is 3. The first-order chi connectivity index (χ1) is 10.4. The SMILES string of the molecule is CC(C)(C)OC(=O)N[C@@H]1CCN(c2nc3ncccc3[nH]2)C1. The second-order valence-corrected chi connectivity index (χ2v) is 6.51. The Hall–Kier alpha value is -2.31. The quantitative estimate of drug-likeness (QED) is 0.887. The molecule has 1 saturated heterocycles. The van der Waals surface area contributed by atoms with E-state index in [1.807, 2.05) is 32.9 Å².